The lowest BCUT2D eigenvalue weighted by molar-refractivity contribution is -0.150. The van der Waals surface area contributed by atoms with Gasteiger partial charge in [-0.15, -0.1) is 0 Å². The van der Waals surface area contributed by atoms with E-state index in [1.807, 2.05) is 19.2 Å². The first-order valence-electron chi connectivity index (χ1n) is 5.73. The molecule has 0 bridgehead atoms. The van der Waals surface area contributed by atoms with Crippen LogP contribution in [0, 0.1) is 0 Å². The zero-order valence-electron chi connectivity index (χ0n) is 10.1. The minimum absolute atomic E-state index is 0.587. The third-order valence-corrected chi connectivity index (χ3v) is 3.20. The molecule has 0 radical (unpaired) electrons. The molecular formula is C13H17NO3. The van der Waals surface area contributed by atoms with Crippen LogP contribution in [0.5, 0.6) is 0 Å². The maximum absolute atomic E-state index is 11.3. The summed E-state index contributed by atoms with van der Waals surface area (Å²) in [6.45, 7) is 1.00. The summed E-state index contributed by atoms with van der Waals surface area (Å²) in [5.74, 6) is -0.622. The van der Waals surface area contributed by atoms with Crippen molar-refractivity contribution in [3.63, 3.8) is 0 Å². The van der Waals surface area contributed by atoms with E-state index in [4.69, 9.17) is 0 Å². The first-order chi connectivity index (χ1) is 8.13. The van der Waals surface area contributed by atoms with E-state index < -0.39 is 12.1 Å². The third-order valence-electron chi connectivity index (χ3n) is 3.20. The van der Waals surface area contributed by atoms with Crippen LogP contribution in [-0.2, 0) is 16.0 Å². The van der Waals surface area contributed by atoms with E-state index in [0.717, 1.165) is 25.1 Å². The average molecular weight is 235 g/mol. The second-order valence-corrected chi connectivity index (χ2v) is 4.34. The summed E-state index contributed by atoms with van der Waals surface area (Å²) in [6.07, 6.45) is 0.997. The fraction of sp³-hybridized carbons (Fsp3) is 0.462. The average Bonchev–Trinajstić information content (AvgIpc) is 2.37. The number of hydrogen-bond donors (Lipinski definition) is 1. The van der Waals surface area contributed by atoms with Crippen molar-refractivity contribution in [1.29, 1.82) is 0 Å². The highest BCUT2D eigenvalue weighted by atomic mass is 16.5. The molecular weight excluding hydrogens is 218 g/mol. The largest absolute Gasteiger partial charge is 0.467 e. The van der Waals surface area contributed by atoms with Crippen molar-refractivity contribution in [2.75, 3.05) is 25.6 Å². The minimum Gasteiger partial charge on any atom is -0.467 e. The van der Waals surface area contributed by atoms with Crippen molar-refractivity contribution < 1.29 is 14.6 Å². The lowest BCUT2D eigenvalue weighted by Crippen LogP contribution is -2.25. The van der Waals surface area contributed by atoms with Gasteiger partial charge in [0.05, 0.1) is 7.11 Å². The van der Waals surface area contributed by atoms with Crippen molar-refractivity contribution in [3.05, 3.63) is 29.3 Å². The molecule has 1 aromatic rings. The number of methoxy groups -OCH3 is 1. The Kier molecular flexibility index (Phi) is 3.33. The van der Waals surface area contributed by atoms with Crippen LogP contribution in [0.4, 0.5) is 5.69 Å². The monoisotopic (exact) mass is 235 g/mol. The second kappa shape index (κ2) is 4.75. The number of nitrogens with zero attached hydrogens (tertiary/aromatic N) is 1. The minimum atomic E-state index is -1.19. The molecule has 0 fully saturated rings. The first kappa shape index (κ1) is 11.9. The summed E-state index contributed by atoms with van der Waals surface area (Å²) < 4.78 is 4.53. The molecule has 0 saturated heterocycles. The molecule has 0 amide bonds. The van der Waals surface area contributed by atoms with Gasteiger partial charge in [0.2, 0.25) is 0 Å². The third kappa shape index (κ3) is 2.26. The predicted octanol–water partition coefficient (Wildman–Crippen LogP) is 1.28. The van der Waals surface area contributed by atoms with Gasteiger partial charge in [0.1, 0.15) is 0 Å². The predicted molar refractivity (Wildman–Crippen MR) is 65.0 cm³/mol. The van der Waals surface area contributed by atoms with Gasteiger partial charge >= 0.3 is 5.97 Å². The van der Waals surface area contributed by atoms with Crippen LogP contribution in [0.25, 0.3) is 0 Å². The van der Waals surface area contributed by atoms with Gasteiger partial charge in [-0.05, 0) is 30.0 Å². The Morgan fingerprint density at radius 3 is 3.00 bits per heavy atom. The number of benzene rings is 1. The Labute approximate surface area is 101 Å². The van der Waals surface area contributed by atoms with Crippen LogP contribution in [0.3, 0.4) is 0 Å². The Bertz CT molecular complexity index is 431. The maximum atomic E-state index is 11.3. The van der Waals surface area contributed by atoms with E-state index in [1.165, 1.54) is 12.7 Å². The molecule has 0 aromatic heterocycles. The van der Waals surface area contributed by atoms with E-state index in [1.54, 1.807) is 6.07 Å². The Morgan fingerprint density at radius 2 is 2.29 bits per heavy atom. The number of aliphatic hydroxyl groups is 1. The molecule has 4 nitrogen and oxygen atoms in total. The van der Waals surface area contributed by atoms with Crippen molar-refractivity contribution in [2.24, 2.45) is 0 Å². The van der Waals surface area contributed by atoms with Gasteiger partial charge < -0.3 is 14.7 Å². The van der Waals surface area contributed by atoms with Gasteiger partial charge in [-0.1, -0.05) is 12.1 Å². The quantitative estimate of drug-likeness (QED) is 0.784. The van der Waals surface area contributed by atoms with E-state index in [0.29, 0.717) is 5.56 Å². The van der Waals surface area contributed by atoms with Crippen LogP contribution in [0.15, 0.2) is 18.2 Å². The van der Waals surface area contributed by atoms with Crippen molar-refractivity contribution in [1.82, 2.24) is 0 Å². The fourth-order valence-electron chi connectivity index (χ4n) is 2.19. The lowest BCUT2D eigenvalue weighted by Gasteiger charge is -2.28. The molecule has 0 saturated carbocycles. The molecule has 1 unspecified atom stereocenters. The van der Waals surface area contributed by atoms with Crippen molar-refractivity contribution >= 4 is 11.7 Å². The summed E-state index contributed by atoms with van der Waals surface area (Å²) >= 11 is 0. The topological polar surface area (TPSA) is 49.8 Å². The molecule has 1 atom stereocenters. The Morgan fingerprint density at radius 1 is 1.53 bits per heavy atom. The SMILES string of the molecule is COC(=O)C(O)c1ccc2c(c1)N(C)CCC2. The number of rotatable bonds is 2. The van der Waals surface area contributed by atoms with E-state index >= 15 is 0 Å². The summed E-state index contributed by atoms with van der Waals surface area (Å²) in [5.41, 5.74) is 2.95. The van der Waals surface area contributed by atoms with E-state index in [-0.39, 0.29) is 0 Å². The molecule has 1 aliphatic rings. The van der Waals surface area contributed by atoms with E-state index in [9.17, 15) is 9.90 Å². The highest BCUT2D eigenvalue weighted by molar-refractivity contribution is 5.77. The number of fused-ring (bicyclic) bond motifs is 1. The summed E-state index contributed by atoms with van der Waals surface area (Å²) in [7, 11) is 3.29. The van der Waals surface area contributed by atoms with Crippen LogP contribution >= 0.6 is 0 Å². The standard InChI is InChI=1S/C13H17NO3/c1-14-7-3-4-9-5-6-10(8-11(9)14)12(15)13(16)17-2/h5-6,8,12,15H,3-4,7H2,1-2H3. The van der Waals surface area contributed by atoms with Gasteiger partial charge in [0, 0.05) is 19.3 Å². The van der Waals surface area contributed by atoms with Crippen molar-refractivity contribution in [2.45, 2.75) is 18.9 Å². The van der Waals surface area contributed by atoms with Crippen LogP contribution in [0.1, 0.15) is 23.7 Å². The van der Waals surface area contributed by atoms with Crippen LogP contribution < -0.4 is 4.90 Å². The summed E-state index contributed by atoms with van der Waals surface area (Å²) in [4.78, 5) is 13.4. The number of carbonyl (C=O) groups excluding carboxylic acids is 1. The van der Waals surface area contributed by atoms with Gasteiger partial charge in [0.25, 0.3) is 0 Å². The smallest absolute Gasteiger partial charge is 0.339 e. The van der Waals surface area contributed by atoms with E-state index in [2.05, 4.69) is 9.64 Å². The molecule has 1 aliphatic heterocycles. The first-order valence-corrected chi connectivity index (χ1v) is 5.73. The molecule has 1 aromatic carbocycles. The second-order valence-electron chi connectivity index (χ2n) is 4.34. The fourth-order valence-corrected chi connectivity index (χ4v) is 2.19. The number of hydrogen-bond acceptors (Lipinski definition) is 4. The highest BCUT2D eigenvalue weighted by Gasteiger charge is 2.21. The zero-order chi connectivity index (χ0) is 12.4. The number of ether oxygens (including phenoxy) is 1. The summed E-state index contributed by atoms with van der Waals surface area (Å²) in [6, 6.07) is 5.64. The number of aliphatic hydroxyl groups excluding tert-OH is 1. The number of anilines is 1. The summed E-state index contributed by atoms with van der Waals surface area (Å²) in [5, 5.41) is 9.78. The van der Waals surface area contributed by atoms with Crippen LogP contribution in [0.2, 0.25) is 0 Å². The van der Waals surface area contributed by atoms with Crippen molar-refractivity contribution in [3.8, 4) is 0 Å². The zero-order valence-corrected chi connectivity index (χ0v) is 10.1. The van der Waals surface area contributed by atoms with Crippen LogP contribution in [-0.4, -0.2) is 31.8 Å². The molecule has 2 rings (SSSR count). The highest BCUT2D eigenvalue weighted by Crippen LogP contribution is 2.29. The van der Waals surface area contributed by atoms with Gasteiger partial charge in [-0.2, -0.15) is 0 Å². The molecule has 0 aliphatic carbocycles. The lowest BCUT2D eigenvalue weighted by atomic mass is 9.98. The molecule has 0 spiro atoms. The Balaban J connectivity index is 2.32. The number of carbonyl (C=O) groups is 1. The molecule has 17 heavy (non-hydrogen) atoms. The molecule has 92 valence electrons. The molecule has 4 heteroatoms. The van der Waals surface area contributed by atoms with Gasteiger partial charge in [-0.3, -0.25) is 0 Å². The van der Waals surface area contributed by atoms with Gasteiger partial charge in [-0.25, -0.2) is 4.79 Å². The maximum Gasteiger partial charge on any atom is 0.339 e. The normalized spacial score (nSPS) is 16.3. The molecule has 1 N–H and O–H groups in total. The van der Waals surface area contributed by atoms with Gasteiger partial charge in [0.15, 0.2) is 6.10 Å². The number of esters is 1. The molecule has 1 heterocycles. The number of aryl methyl sites for hydroxylation is 1. The Hall–Kier alpha value is -1.55.